The highest BCUT2D eigenvalue weighted by molar-refractivity contribution is 5.43. The van der Waals surface area contributed by atoms with E-state index in [4.69, 9.17) is 20.9 Å². The monoisotopic (exact) mass is 250 g/mol. The number of nitrogens with two attached hydrogens (primary N) is 2. The Labute approximate surface area is 108 Å². The van der Waals surface area contributed by atoms with Crippen molar-refractivity contribution < 1.29 is 9.47 Å². The van der Waals surface area contributed by atoms with Crippen molar-refractivity contribution in [1.29, 1.82) is 0 Å². The minimum atomic E-state index is -0.778. The highest BCUT2D eigenvalue weighted by Gasteiger charge is 2.34. The van der Waals surface area contributed by atoms with Crippen LogP contribution in [0, 0.1) is 0 Å². The van der Waals surface area contributed by atoms with E-state index in [2.05, 4.69) is 0 Å². The summed E-state index contributed by atoms with van der Waals surface area (Å²) in [5.41, 5.74) is 15.6. The molecule has 0 aliphatic heterocycles. The average Bonchev–Trinajstić information content (AvgIpc) is 2.41. The number of benzene rings is 1. The summed E-state index contributed by atoms with van der Waals surface area (Å²) in [4.78, 5) is 0. The van der Waals surface area contributed by atoms with Gasteiger partial charge in [-0.05, 0) is 30.9 Å². The SMILES string of the molecule is COC(C)(OC)c1cccc2c1[C@H](N)CC[C@@H]2N. The van der Waals surface area contributed by atoms with Crippen LogP contribution in [0.4, 0.5) is 0 Å². The van der Waals surface area contributed by atoms with Crippen molar-refractivity contribution in [2.24, 2.45) is 11.5 Å². The van der Waals surface area contributed by atoms with Crippen LogP contribution in [0.2, 0.25) is 0 Å². The largest absolute Gasteiger partial charge is 0.349 e. The van der Waals surface area contributed by atoms with Gasteiger partial charge in [-0.3, -0.25) is 0 Å². The molecule has 0 spiro atoms. The smallest absolute Gasteiger partial charge is 0.191 e. The summed E-state index contributed by atoms with van der Waals surface area (Å²) >= 11 is 0. The van der Waals surface area contributed by atoms with E-state index in [-0.39, 0.29) is 12.1 Å². The number of rotatable bonds is 3. The van der Waals surface area contributed by atoms with E-state index in [9.17, 15) is 0 Å². The first-order valence-corrected chi connectivity index (χ1v) is 6.28. The van der Waals surface area contributed by atoms with Crippen LogP contribution < -0.4 is 11.5 Å². The summed E-state index contributed by atoms with van der Waals surface area (Å²) in [7, 11) is 3.27. The molecular weight excluding hydrogens is 228 g/mol. The number of hydrogen-bond donors (Lipinski definition) is 2. The van der Waals surface area contributed by atoms with Gasteiger partial charge >= 0.3 is 0 Å². The Kier molecular flexibility index (Phi) is 3.73. The van der Waals surface area contributed by atoms with Gasteiger partial charge in [0.15, 0.2) is 5.79 Å². The highest BCUT2D eigenvalue weighted by atomic mass is 16.7. The second-order valence-corrected chi connectivity index (χ2v) is 4.95. The summed E-state index contributed by atoms with van der Waals surface area (Å²) in [6.45, 7) is 1.90. The molecule has 0 saturated heterocycles. The van der Waals surface area contributed by atoms with Gasteiger partial charge in [0.2, 0.25) is 0 Å². The zero-order valence-corrected chi connectivity index (χ0v) is 11.3. The van der Waals surface area contributed by atoms with Gasteiger partial charge in [-0.2, -0.15) is 0 Å². The van der Waals surface area contributed by atoms with E-state index >= 15 is 0 Å². The second-order valence-electron chi connectivity index (χ2n) is 4.95. The van der Waals surface area contributed by atoms with Crippen LogP contribution in [0.3, 0.4) is 0 Å². The molecule has 4 heteroatoms. The summed E-state index contributed by atoms with van der Waals surface area (Å²) < 4.78 is 11.0. The lowest BCUT2D eigenvalue weighted by Crippen LogP contribution is -2.33. The Morgan fingerprint density at radius 2 is 1.72 bits per heavy atom. The van der Waals surface area contributed by atoms with E-state index in [1.165, 1.54) is 0 Å². The molecule has 18 heavy (non-hydrogen) atoms. The summed E-state index contributed by atoms with van der Waals surface area (Å²) in [6, 6.07) is 6.10. The van der Waals surface area contributed by atoms with Crippen LogP contribution in [0.15, 0.2) is 18.2 Å². The van der Waals surface area contributed by atoms with Crippen molar-refractivity contribution in [3.8, 4) is 0 Å². The highest BCUT2D eigenvalue weighted by Crippen LogP contribution is 2.40. The summed E-state index contributed by atoms with van der Waals surface area (Å²) in [5.74, 6) is -0.778. The van der Waals surface area contributed by atoms with Crippen molar-refractivity contribution in [3.63, 3.8) is 0 Å². The van der Waals surface area contributed by atoms with Gasteiger partial charge in [0.1, 0.15) is 0 Å². The zero-order chi connectivity index (χ0) is 13.3. The zero-order valence-electron chi connectivity index (χ0n) is 11.3. The molecule has 0 amide bonds. The van der Waals surface area contributed by atoms with Gasteiger partial charge in [-0.25, -0.2) is 0 Å². The van der Waals surface area contributed by atoms with Crippen molar-refractivity contribution in [2.45, 2.75) is 37.6 Å². The molecule has 0 aromatic heterocycles. The second kappa shape index (κ2) is 4.97. The first-order valence-electron chi connectivity index (χ1n) is 6.28. The molecule has 0 saturated carbocycles. The Morgan fingerprint density at radius 3 is 2.33 bits per heavy atom. The van der Waals surface area contributed by atoms with Gasteiger partial charge in [0, 0.05) is 31.9 Å². The third-order valence-corrected chi connectivity index (χ3v) is 3.97. The molecular formula is C14H22N2O2. The topological polar surface area (TPSA) is 70.5 Å². The molecule has 1 aromatic carbocycles. The fraction of sp³-hybridized carbons (Fsp3) is 0.571. The van der Waals surface area contributed by atoms with Crippen LogP contribution in [0.1, 0.15) is 48.5 Å². The summed E-state index contributed by atoms with van der Waals surface area (Å²) in [6.07, 6.45) is 1.82. The molecule has 1 aliphatic rings. The molecule has 0 unspecified atom stereocenters. The van der Waals surface area contributed by atoms with Crippen molar-refractivity contribution in [3.05, 3.63) is 34.9 Å². The predicted octanol–water partition coefficient (Wildman–Crippen LogP) is 1.95. The van der Waals surface area contributed by atoms with Crippen LogP contribution in [-0.2, 0) is 15.3 Å². The van der Waals surface area contributed by atoms with E-state index in [1.54, 1.807) is 14.2 Å². The molecule has 0 heterocycles. The lowest BCUT2D eigenvalue weighted by atomic mass is 9.80. The third-order valence-electron chi connectivity index (χ3n) is 3.97. The van der Waals surface area contributed by atoms with E-state index in [0.717, 1.165) is 29.5 Å². The fourth-order valence-electron chi connectivity index (χ4n) is 2.68. The fourth-order valence-corrected chi connectivity index (χ4v) is 2.68. The van der Waals surface area contributed by atoms with Crippen LogP contribution in [-0.4, -0.2) is 14.2 Å². The maximum Gasteiger partial charge on any atom is 0.191 e. The Hall–Kier alpha value is -0.940. The van der Waals surface area contributed by atoms with Gasteiger partial charge < -0.3 is 20.9 Å². The van der Waals surface area contributed by atoms with Crippen molar-refractivity contribution in [1.82, 2.24) is 0 Å². The maximum absolute atomic E-state index is 6.25. The van der Waals surface area contributed by atoms with E-state index in [1.807, 2.05) is 25.1 Å². The van der Waals surface area contributed by atoms with E-state index < -0.39 is 5.79 Å². The molecule has 2 atom stereocenters. The quantitative estimate of drug-likeness (QED) is 0.804. The normalized spacial score (nSPS) is 23.8. The van der Waals surface area contributed by atoms with Gasteiger partial charge in [-0.15, -0.1) is 0 Å². The van der Waals surface area contributed by atoms with Crippen LogP contribution in [0.25, 0.3) is 0 Å². The molecule has 1 aliphatic carbocycles. The first kappa shape index (κ1) is 13.5. The molecule has 4 nitrogen and oxygen atoms in total. The van der Waals surface area contributed by atoms with Crippen molar-refractivity contribution >= 4 is 0 Å². The average molecular weight is 250 g/mol. The summed E-state index contributed by atoms with van der Waals surface area (Å²) in [5, 5.41) is 0. The Morgan fingerprint density at radius 1 is 1.11 bits per heavy atom. The maximum atomic E-state index is 6.25. The van der Waals surface area contributed by atoms with Gasteiger partial charge in [0.05, 0.1) is 0 Å². The van der Waals surface area contributed by atoms with Crippen LogP contribution >= 0.6 is 0 Å². The first-order chi connectivity index (χ1) is 8.53. The van der Waals surface area contributed by atoms with Gasteiger partial charge in [-0.1, -0.05) is 18.2 Å². The molecule has 0 bridgehead atoms. The Balaban J connectivity index is 2.59. The molecule has 4 N–H and O–H groups in total. The minimum Gasteiger partial charge on any atom is -0.349 e. The number of ether oxygens (including phenoxy) is 2. The van der Waals surface area contributed by atoms with Crippen molar-refractivity contribution in [2.75, 3.05) is 14.2 Å². The Bertz CT molecular complexity index is 430. The molecule has 1 aromatic rings. The lowest BCUT2D eigenvalue weighted by molar-refractivity contribution is -0.202. The standard InChI is InChI=1S/C14H22N2O2/c1-14(17-2,18-3)10-6-4-5-9-11(15)7-8-12(16)13(9)10/h4-6,11-12H,7-8,15-16H2,1-3H3/t11-,12+/m0/s1. The third kappa shape index (κ3) is 2.06. The molecule has 2 rings (SSSR count). The molecule has 0 fully saturated rings. The lowest BCUT2D eigenvalue weighted by Gasteiger charge is -2.35. The number of methoxy groups -OCH3 is 2. The van der Waals surface area contributed by atoms with Gasteiger partial charge in [0.25, 0.3) is 0 Å². The van der Waals surface area contributed by atoms with Crippen LogP contribution in [0.5, 0.6) is 0 Å². The molecule has 100 valence electrons. The number of fused-ring (bicyclic) bond motifs is 1. The molecule has 0 radical (unpaired) electrons. The van der Waals surface area contributed by atoms with E-state index in [0.29, 0.717) is 0 Å². The number of hydrogen-bond acceptors (Lipinski definition) is 4. The minimum absolute atomic E-state index is 0.000579. The predicted molar refractivity (Wildman–Crippen MR) is 70.9 cm³/mol.